The van der Waals surface area contributed by atoms with Crippen molar-refractivity contribution in [2.75, 3.05) is 25.3 Å². The van der Waals surface area contributed by atoms with Gasteiger partial charge in [0.15, 0.2) is 11.5 Å². The third kappa shape index (κ3) is 3.77. The first-order valence-corrected chi connectivity index (χ1v) is 10.7. The number of nitrogens with one attached hydrogen (secondary N) is 1. The molecule has 6 rings (SSSR count). The molecule has 0 bridgehead atoms. The van der Waals surface area contributed by atoms with Gasteiger partial charge in [0, 0.05) is 11.8 Å². The van der Waals surface area contributed by atoms with Crippen LogP contribution in [0.4, 0.5) is 5.95 Å². The average molecular weight is 433 g/mol. The Morgan fingerprint density at radius 3 is 2.75 bits per heavy atom. The van der Waals surface area contributed by atoms with Crippen molar-refractivity contribution in [1.82, 2.24) is 9.97 Å². The first-order chi connectivity index (χ1) is 15.8. The summed E-state index contributed by atoms with van der Waals surface area (Å²) in [7, 11) is 0. The summed E-state index contributed by atoms with van der Waals surface area (Å²) >= 11 is 0. The quantitative estimate of drug-likeness (QED) is 0.635. The molecule has 0 aliphatic carbocycles. The molecule has 4 heterocycles. The molecular weight excluding hydrogens is 410 g/mol. The van der Waals surface area contributed by atoms with Gasteiger partial charge < -0.3 is 29.0 Å². The van der Waals surface area contributed by atoms with Crippen molar-refractivity contribution in [2.24, 2.45) is 0 Å². The monoisotopic (exact) mass is 433 g/mol. The van der Waals surface area contributed by atoms with Crippen LogP contribution in [-0.2, 0) is 20.8 Å². The zero-order valence-electron chi connectivity index (χ0n) is 17.3. The fraction of sp³-hybridized carbons (Fsp3) is 0.333. The Balaban J connectivity index is 1.11. The van der Waals surface area contributed by atoms with Gasteiger partial charge in [-0.05, 0) is 29.8 Å². The van der Waals surface area contributed by atoms with Crippen molar-refractivity contribution in [1.29, 1.82) is 0 Å². The molecule has 3 aromatic rings. The van der Waals surface area contributed by atoms with E-state index in [9.17, 15) is 0 Å². The maximum absolute atomic E-state index is 6.08. The van der Waals surface area contributed by atoms with Crippen LogP contribution in [0.1, 0.15) is 5.56 Å². The molecule has 2 saturated heterocycles. The van der Waals surface area contributed by atoms with E-state index in [4.69, 9.17) is 23.7 Å². The maximum Gasteiger partial charge on any atom is 0.231 e. The Labute approximate surface area is 185 Å². The Morgan fingerprint density at radius 2 is 1.81 bits per heavy atom. The van der Waals surface area contributed by atoms with Crippen LogP contribution in [0.3, 0.4) is 0 Å². The van der Waals surface area contributed by atoms with Gasteiger partial charge >= 0.3 is 0 Å². The van der Waals surface area contributed by atoms with Crippen molar-refractivity contribution in [3.8, 4) is 22.8 Å². The van der Waals surface area contributed by atoms with Crippen LogP contribution in [0.2, 0.25) is 0 Å². The van der Waals surface area contributed by atoms with Gasteiger partial charge in [-0.2, -0.15) is 0 Å². The molecule has 3 aliphatic heterocycles. The molecule has 1 aromatic heterocycles. The Hall–Kier alpha value is -3.20. The maximum atomic E-state index is 6.08. The van der Waals surface area contributed by atoms with Crippen molar-refractivity contribution >= 4 is 5.95 Å². The van der Waals surface area contributed by atoms with Crippen LogP contribution >= 0.6 is 0 Å². The first-order valence-electron chi connectivity index (χ1n) is 10.7. The second-order valence-electron chi connectivity index (χ2n) is 8.02. The highest BCUT2D eigenvalue weighted by Gasteiger charge is 2.48. The molecule has 32 heavy (non-hydrogen) atoms. The van der Waals surface area contributed by atoms with Gasteiger partial charge in [-0.3, -0.25) is 0 Å². The van der Waals surface area contributed by atoms with Crippen LogP contribution in [-0.4, -0.2) is 54.3 Å². The molecule has 2 fully saturated rings. The number of benzene rings is 2. The lowest BCUT2D eigenvalue weighted by Gasteiger charge is -2.18. The van der Waals surface area contributed by atoms with E-state index in [2.05, 4.69) is 27.4 Å². The summed E-state index contributed by atoms with van der Waals surface area (Å²) in [6.45, 7) is 1.81. The zero-order chi connectivity index (χ0) is 21.3. The minimum atomic E-state index is -0.103. The molecule has 8 heteroatoms. The number of ether oxygens (including phenoxy) is 5. The predicted molar refractivity (Wildman–Crippen MR) is 116 cm³/mol. The molecule has 0 spiro atoms. The van der Waals surface area contributed by atoms with E-state index >= 15 is 0 Å². The van der Waals surface area contributed by atoms with Gasteiger partial charge in [0.25, 0.3) is 0 Å². The highest BCUT2D eigenvalue weighted by Crippen LogP contribution is 2.36. The lowest BCUT2D eigenvalue weighted by atomic mass is 10.1. The largest absolute Gasteiger partial charge is 0.454 e. The Morgan fingerprint density at radius 1 is 0.938 bits per heavy atom. The van der Waals surface area contributed by atoms with Gasteiger partial charge in [0.1, 0.15) is 18.3 Å². The second-order valence-corrected chi connectivity index (χ2v) is 8.02. The van der Waals surface area contributed by atoms with Gasteiger partial charge in [0.2, 0.25) is 12.7 Å². The standard InChI is InChI=1S/C24H23N3O5/c1-2-4-15(5-3-1)11-28-21-13-30-22-18(12-29-23(21)22)27-24-25-9-8-17(26-24)16-6-7-19-20(10-16)32-14-31-19/h1-10,18,21-23H,11-14H2,(H,25,26,27)/t18-,21-,22-,23+/m0/s1. The van der Waals surface area contributed by atoms with Gasteiger partial charge in [0.05, 0.1) is 31.6 Å². The molecule has 4 atom stereocenters. The van der Waals surface area contributed by atoms with Crippen LogP contribution in [0.15, 0.2) is 60.8 Å². The summed E-state index contributed by atoms with van der Waals surface area (Å²) in [5, 5.41) is 3.39. The number of rotatable bonds is 6. The van der Waals surface area contributed by atoms with E-state index in [1.54, 1.807) is 6.20 Å². The molecule has 0 amide bonds. The fourth-order valence-electron chi connectivity index (χ4n) is 4.32. The van der Waals surface area contributed by atoms with E-state index in [0.717, 1.165) is 28.3 Å². The van der Waals surface area contributed by atoms with E-state index in [0.29, 0.717) is 25.8 Å². The number of anilines is 1. The topological polar surface area (TPSA) is 84.0 Å². The number of nitrogens with zero attached hydrogens (tertiary/aromatic N) is 2. The van der Waals surface area contributed by atoms with Gasteiger partial charge in [-0.1, -0.05) is 30.3 Å². The Bertz CT molecular complexity index is 1100. The number of aromatic nitrogens is 2. The van der Waals surface area contributed by atoms with E-state index in [1.807, 2.05) is 42.5 Å². The second kappa shape index (κ2) is 8.38. The number of hydrogen-bond acceptors (Lipinski definition) is 8. The zero-order valence-corrected chi connectivity index (χ0v) is 17.3. The number of fused-ring (bicyclic) bond motifs is 2. The minimum Gasteiger partial charge on any atom is -0.454 e. The lowest BCUT2D eigenvalue weighted by Crippen LogP contribution is -2.37. The molecule has 1 N–H and O–H groups in total. The van der Waals surface area contributed by atoms with Crippen LogP contribution < -0.4 is 14.8 Å². The molecule has 3 aliphatic rings. The van der Waals surface area contributed by atoms with Crippen LogP contribution in [0, 0.1) is 0 Å². The third-order valence-corrected chi connectivity index (χ3v) is 5.95. The van der Waals surface area contributed by atoms with E-state index in [1.165, 1.54) is 0 Å². The van der Waals surface area contributed by atoms with Crippen LogP contribution in [0.5, 0.6) is 11.5 Å². The summed E-state index contributed by atoms with van der Waals surface area (Å²) < 4.78 is 29.0. The normalized spacial score (nSPS) is 25.6. The van der Waals surface area contributed by atoms with E-state index < -0.39 is 0 Å². The smallest absolute Gasteiger partial charge is 0.231 e. The molecule has 0 unspecified atom stereocenters. The highest BCUT2D eigenvalue weighted by atomic mass is 16.7. The predicted octanol–water partition coefficient (Wildman–Crippen LogP) is 3.04. The summed E-state index contributed by atoms with van der Waals surface area (Å²) in [6.07, 6.45) is 1.44. The average Bonchev–Trinajstić information content (AvgIpc) is 3.56. The minimum absolute atomic E-state index is 0.0441. The molecule has 0 saturated carbocycles. The van der Waals surface area contributed by atoms with Crippen molar-refractivity contribution in [2.45, 2.75) is 31.0 Å². The Kier molecular flexibility index (Phi) is 5.10. The first kappa shape index (κ1) is 19.5. The summed E-state index contributed by atoms with van der Waals surface area (Å²) in [5.41, 5.74) is 2.87. The van der Waals surface area contributed by atoms with Gasteiger partial charge in [-0.15, -0.1) is 0 Å². The van der Waals surface area contributed by atoms with Crippen molar-refractivity contribution in [3.05, 3.63) is 66.4 Å². The van der Waals surface area contributed by atoms with E-state index in [-0.39, 0.29) is 31.1 Å². The molecule has 164 valence electrons. The van der Waals surface area contributed by atoms with Crippen LogP contribution in [0.25, 0.3) is 11.3 Å². The van der Waals surface area contributed by atoms with Gasteiger partial charge in [-0.25, -0.2) is 9.97 Å². The summed E-state index contributed by atoms with van der Waals surface area (Å²) in [5.74, 6) is 2.01. The highest BCUT2D eigenvalue weighted by molar-refractivity contribution is 5.65. The SMILES string of the molecule is c1ccc(CO[C@H]2CO[C@@H]3[C@@H]2OC[C@@H]3Nc2nccc(-c3ccc4c(c3)OCO4)n2)cc1. The fourth-order valence-corrected chi connectivity index (χ4v) is 4.32. The summed E-state index contributed by atoms with van der Waals surface area (Å²) in [6, 6.07) is 17.7. The van der Waals surface area contributed by atoms with Crippen molar-refractivity contribution < 1.29 is 23.7 Å². The molecule has 0 radical (unpaired) electrons. The number of hydrogen-bond donors (Lipinski definition) is 1. The molecule has 2 aromatic carbocycles. The molecular formula is C24H23N3O5. The lowest BCUT2D eigenvalue weighted by molar-refractivity contribution is -0.0388. The summed E-state index contributed by atoms with van der Waals surface area (Å²) in [4.78, 5) is 9.07. The third-order valence-electron chi connectivity index (χ3n) is 5.95. The molecule has 8 nitrogen and oxygen atoms in total. The van der Waals surface area contributed by atoms with Crippen molar-refractivity contribution in [3.63, 3.8) is 0 Å².